The zero-order chi connectivity index (χ0) is 18.4. The average Bonchev–Trinajstić information content (AvgIpc) is 2.93. The lowest BCUT2D eigenvalue weighted by Crippen LogP contribution is -2.16. The number of nitrogens with two attached hydrogens (primary N) is 1. The first-order valence-corrected chi connectivity index (χ1v) is 9.68. The van der Waals surface area contributed by atoms with Gasteiger partial charge >= 0.3 is 0 Å². The molecule has 0 fully saturated rings. The molecule has 2 aromatic rings. The van der Waals surface area contributed by atoms with Crippen LogP contribution >= 0.6 is 23.2 Å². The predicted octanol–water partition coefficient (Wildman–Crippen LogP) is 5.01. The molecule has 0 heterocycles. The monoisotopic (exact) mass is 403 g/mol. The van der Waals surface area contributed by atoms with Crippen molar-refractivity contribution in [3.05, 3.63) is 63.1 Å². The van der Waals surface area contributed by atoms with E-state index in [-0.39, 0.29) is 5.56 Å². The molecule has 2 N–H and O–H groups in total. The van der Waals surface area contributed by atoms with Gasteiger partial charge in [0.15, 0.2) is 4.90 Å². The van der Waals surface area contributed by atoms with Gasteiger partial charge in [-0.3, -0.25) is 0 Å². The lowest BCUT2D eigenvalue weighted by molar-refractivity contribution is 0.519. The van der Waals surface area contributed by atoms with E-state index in [1.807, 2.05) is 0 Å². The van der Waals surface area contributed by atoms with Crippen molar-refractivity contribution >= 4 is 44.4 Å². The maximum atomic E-state index is 14.2. The van der Waals surface area contributed by atoms with Crippen LogP contribution in [0.2, 0.25) is 10.0 Å². The Bertz CT molecular complexity index is 960. The standard InChI is InChI=1S/C17H13Cl2F2NO2S/c18-11-4-9(5-12(19)8-11)13-2-1-3-14(13)10-6-15(20)17(16(21)7-10)25(22,23)24/h4-8H,1-3H2,(H2,22,23,24). The molecule has 0 radical (unpaired) electrons. The first kappa shape index (κ1) is 18.3. The van der Waals surface area contributed by atoms with Gasteiger partial charge in [-0.1, -0.05) is 23.2 Å². The third-order valence-electron chi connectivity index (χ3n) is 4.06. The lowest BCUT2D eigenvalue weighted by atomic mass is 9.97. The molecule has 0 spiro atoms. The van der Waals surface area contributed by atoms with Crippen LogP contribution < -0.4 is 5.14 Å². The van der Waals surface area contributed by atoms with Gasteiger partial charge in [-0.15, -0.1) is 0 Å². The number of hydrogen-bond donors (Lipinski definition) is 1. The number of hydrogen-bond acceptors (Lipinski definition) is 2. The average molecular weight is 404 g/mol. The van der Waals surface area contributed by atoms with Gasteiger partial charge in [-0.2, -0.15) is 0 Å². The van der Waals surface area contributed by atoms with Crippen molar-refractivity contribution in [3.8, 4) is 0 Å². The van der Waals surface area contributed by atoms with Gasteiger partial charge < -0.3 is 0 Å². The Kier molecular flexibility index (Phi) is 4.90. The van der Waals surface area contributed by atoms with E-state index < -0.39 is 26.6 Å². The molecule has 0 saturated heterocycles. The number of rotatable bonds is 3. The Labute approximate surface area is 154 Å². The summed E-state index contributed by atoms with van der Waals surface area (Å²) in [6, 6.07) is 7.06. The minimum absolute atomic E-state index is 0.283. The van der Waals surface area contributed by atoms with Crippen LogP contribution in [-0.2, 0) is 10.0 Å². The molecule has 2 aromatic carbocycles. The van der Waals surface area contributed by atoms with Crippen molar-refractivity contribution < 1.29 is 17.2 Å². The van der Waals surface area contributed by atoms with Crippen molar-refractivity contribution in [1.82, 2.24) is 0 Å². The fraction of sp³-hybridized carbons (Fsp3) is 0.176. The summed E-state index contributed by atoms with van der Waals surface area (Å²) in [5, 5.41) is 5.79. The molecule has 0 aromatic heterocycles. The van der Waals surface area contributed by atoms with E-state index in [2.05, 4.69) is 0 Å². The smallest absolute Gasteiger partial charge is 0.224 e. The van der Waals surface area contributed by atoms with Gasteiger partial charge in [0.2, 0.25) is 10.0 Å². The minimum atomic E-state index is -4.48. The van der Waals surface area contributed by atoms with E-state index in [1.165, 1.54) is 0 Å². The fourth-order valence-corrected chi connectivity index (χ4v) is 4.30. The molecule has 132 valence electrons. The highest BCUT2D eigenvalue weighted by molar-refractivity contribution is 7.89. The molecular formula is C17H13Cl2F2NO2S. The van der Waals surface area contributed by atoms with Crippen LogP contribution in [0.5, 0.6) is 0 Å². The van der Waals surface area contributed by atoms with E-state index in [1.54, 1.807) is 18.2 Å². The number of sulfonamides is 1. The van der Waals surface area contributed by atoms with Crippen LogP contribution in [0.25, 0.3) is 11.1 Å². The molecule has 0 aliphatic heterocycles. The molecule has 0 amide bonds. The van der Waals surface area contributed by atoms with Gasteiger partial charge in [0.25, 0.3) is 0 Å². The summed E-state index contributed by atoms with van der Waals surface area (Å²) in [4.78, 5) is -1.12. The van der Waals surface area contributed by atoms with Crippen LogP contribution in [0.3, 0.4) is 0 Å². The molecule has 1 aliphatic carbocycles. The lowest BCUT2D eigenvalue weighted by Gasteiger charge is -2.11. The van der Waals surface area contributed by atoms with E-state index >= 15 is 0 Å². The van der Waals surface area contributed by atoms with Crippen molar-refractivity contribution in [2.45, 2.75) is 24.2 Å². The Morgan fingerprint density at radius 1 is 0.840 bits per heavy atom. The molecule has 0 unspecified atom stereocenters. The fourth-order valence-electron chi connectivity index (χ4n) is 3.11. The van der Waals surface area contributed by atoms with Gasteiger partial charge in [-0.25, -0.2) is 22.3 Å². The largest absolute Gasteiger partial charge is 0.243 e. The van der Waals surface area contributed by atoms with E-state index in [0.717, 1.165) is 35.3 Å². The molecular weight excluding hydrogens is 391 g/mol. The molecule has 25 heavy (non-hydrogen) atoms. The summed E-state index contributed by atoms with van der Waals surface area (Å²) in [6.45, 7) is 0. The van der Waals surface area contributed by atoms with Crippen molar-refractivity contribution in [1.29, 1.82) is 0 Å². The highest BCUT2D eigenvalue weighted by Crippen LogP contribution is 2.41. The van der Waals surface area contributed by atoms with Gasteiger partial charge in [0.05, 0.1) is 0 Å². The SMILES string of the molecule is NS(=O)(=O)c1c(F)cc(C2=C(c3cc(Cl)cc(Cl)c3)CCC2)cc1F. The first-order chi connectivity index (χ1) is 11.7. The predicted molar refractivity (Wildman–Crippen MR) is 94.9 cm³/mol. The molecule has 3 nitrogen and oxygen atoms in total. The van der Waals surface area contributed by atoms with Crippen LogP contribution in [0.1, 0.15) is 30.4 Å². The maximum Gasteiger partial charge on any atom is 0.243 e. The molecule has 8 heteroatoms. The number of primary sulfonamides is 1. The Hall–Kier alpha value is -1.47. The van der Waals surface area contributed by atoms with Crippen LogP contribution in [0, 0.1) is 11.6 Å². The van der Waals surface area contributed by atoms with Crippen LogP contribution in [0.4, 0.5) is 8.78 Å². The van der Waals surface area contributed by atoms with E-state index in [9.17, 15) is 17.2 Å². The van der Waals surface area contributed by atoms with Gasteiger partial charge in [-0.05, 0) is 71.9 Å². The summed E-state index contributed by atoms with van der Waals surface area (Å²) >= 11 is 12.1. The van der Waals surface area contributed by atoms with E-state index in [0.29, 0.717) is 22.9 Å². The normalized spacial score (nSPS) is 15.1. The first-order valence-electron chi connectivity index (χ1n) is 7.37. The molecule has 3 rings (SSSR count). The maximum absolute atomic E-state index is 14.2. The van der Waals surface area contributed by atoms with Gasteiger partial charge in [0, 0.05) is 10.0 Å². The van der Waals surface area contributed by atoms with E-state index in [4.69, 9.17) is 28.3 Å². The highest BCUT2D eigenvalue weighted by atomic mass is 35.5. The highest BCUT2D eigenvalue weighted by Gasteiger charge is 2.25. The summed E-state index contributed by atoms with van der Waals surface area (Å²) in [7, 11) is -4.48. The second kappa shape index (κ2) is 6.68. The quantitative estimate of drug-likeness (QED) is 0.782. The number of halogens is 4. The molecule has 0 bridgehead atoms. The Morgan fingerprint density at radius 2 is 1.28 bits per heavy atom. The second-order valence-corrected chi connectivity index (χ2v) is 8.15. The van der Waals surface area contributed by atoms with Gasteiger partial charge in [0.1, 0.15) is 11.6 Å². The van der Waals surface area contributed by atoms with Crippen molar-refractivity contribution in [2.24, 2.45) is 5.14 Å². The molecule has 1 aliphatic rings. The van der Waals surface area contributed by atoms with Crippen LogP contribution in [-0.4, -0.2) is 8.42 Å². The van der Waals surface area contributed by atoms with Crippen molar-refractivity contribution in [2.75, 3.05) is 0 Å². The summed E-state index contributed by atoms with van der Waals surface area (Å²) in [5.74, 6) is -2.42. The third kappa shape index (κ3) is 3.72. The molecule has 0 atom stereocenters. The van der Waals surface area contributed by atoms with Crippen molar-refractivity contribution in [3.63, 3.8) is 0 Å². The summed E-state index contributed by atoms with van der Waals surface area (Å²) < 4.78 is 51.0. The third-order valence-corrected chi connectivity index (χ3v) is 5.46. The Balaban J connectivity index is 2.17. The number of allylic oxidation sites excluding steroid dienone is 2. The second-order valence-electron chi connectivity index (χ2n) is 5.78. The van der Waals surface area contributed by atoms with Crippen LogP contribution in [0.15, 0.2) is 35.2 Å². The minimum Gasteiger partial charge on any atom is -0.224 e. The Morgan fingerprint density at radius 3 is 1.72 bits per heavy atom. The molecule has 0 saturated carbocycles. The topological polar surface area (TPSA) is 60.2 Å². The zero-order valence-corrected chi connectivity index (χ0v) is 15.2. The summed E-state index contributed by atoms with van der Waals surface area (Å²) in [5.41, 5.74) is 2.68. The zero-order valence-electron chi connectivity index (χ0n) is 12.8. The summed E-state index contributed by atoms with van der Waals surface area (Å²) in [6.07, 6.45) is 2.11. The number of benzene rings is 2.